The second-order valence-electron chi connectivity index (χ2n) is 5.57. The minimum absolute atomic E-state index is 0. The molecular weight excluding hydrogens is 324 g/mol. The van der Waals surface area contributed by atoms with Gasteiger partial charge in [0.15, 0.2) is 5.75 Å². The summed E-state index contributed by atoms with van der Waals surface area (Å²) in [7, 11) is 1.88. The van der Waals surface area contributed by atoms with Crippen LogP contribution in [0.3, 0.4) is 0 Å². The molecule has 0 unspecified atom stereocenters. The maximum atomic E-state index is 12.0. The van der Waals surface area contributed by atoms with Gasteiger partial charge in [0.25, 0.3) is 0 Å². The fourth-order valence-electron chi connectivity index (χ4n) is 2.37. The highest BCUT2D eigenvalue weighted by atomic mass is 35.5. The Balaban J connectivity index is 0.00000288. The summed E-state index contributed by atoms with van der Waals surface area (Å²) in [6.45, 7) is 4.86. The van der Waals surface area contributed by atoms with E-state index < -0.39 is 0 Å². The monoisotopic (exact) mass is 348 g/mol. The van der Waals surface area contributed by atoms with E-state index in [2.05, 4.69) is 10.6 Å². The molecule has 0 spiro atoms. The average Bonchev–Trinajstić information content (AvgIpc) is 2.53. The number of benzene rings is 2. The third-order valence-electron chi connectivity index (χ3n) is 3.61. The van der Waals surface area contributed by atoms with E-state index in [-0.39, 0.29) is 18.3 Å². The molecule has 2 rings (SSSR count). The van der Waals surface area contributed by atoms with Crippen LogP contribution in [-0.4, -0.2) is 19.5 Å². The average molecular weight is 349 g/mol. The molecule has 1 amide bonds. The van der Waals surface area contributed by atoms with Gasteiger partial charge in [-0.2, -0.15) is 0 Å². The van der Waals surface area contributed by atoms with E-state index in [9.17, 15) is 4.79 Å². The van der Waals surface area contributed by atoms with Gasteiger partial charge in [0, 0.05) is 6.42 Å². The minimum Gasteiger partial charge on any atom is -0.455 e. The SMILES string of the molecule is CNCCCC(=O)Nc1ccccc1Oc1c(C)cccc1C.Cl. The van der Waals surface area contributed by atoms with Crippen LogP contribution in [0.25, 0.3) is 0 Å². The highest BCUT2D eigenvalue weighted by molar-refractivity contribution is 5.92. The van der Waals surface area contributed by atoms with E-state index in [0.29, 0.717) is 17.9 Å². The van der Waals surface area contributed by atoms with Crippen molar-refractivity contribution in [2.24, 2.45) is 0 Å². The van der Waals surface area contributed by atoms with E-state index in [1.54, 1.807) is 0 Å². The second kappa shape index (κ2) is 9.96. The number of hydrogen-bond donors (Lipinski definition) is 2. The van der Waals surface area contributed by atoms with Crippen LogP contribution in [0.1, 0.15) is 24.0 Å². The first-order valence-electron chi connectivity index (χ1n) is 7.89. The number of carbonyl (C=O) groups excluding carboxylic acids is 1. The smallest absolute Gasteiger partial charge is 0.224 e. The first kappa shape index (κ1) is 20.0. The number of nitrogens with one attached hydrogen (secondary N) is 2. The highest BCUT2D eigenvalue weighted by Crippen LogP contribution is 2.33. The van der Waals surface area contributed by atoms with Gasteiger partial charge in [0.05, 0.1) is 5.69 Å². The molecule has 0 atom stereocenters. The molecule has 0 aliphatic rings. The Kier molecular flexibility index (Phi) is 8.30. The quantitative estimate of drug-likeness (QED) is 0.726. The summed E-state index contributed by atoms with van der Waals surface area (Å²) >= 11 is 0. The van der Waals surface area contributed by atoms with Crippen molar-refractivity contribution in [2.75, 3.05) is 18.9 Å². The lowest BCUT2D eigenvalue weighted by atomic mass is 10.1. The number of halogens is 1. The molecule has 0 saturated heterocycles. The van der Waals surface area contributed by atoms with Gasteiger partial charge in [-0.3, -0.25) is 4.79 Å². The van der Waals surface area contributed by atoms with Crippen LogP contribution < -0.4 is 15.4 Å². The summed E-state index contributed by atoms with van der Waals surface area (Å²) in [5.74, 6) is 1.49. The van der Waals surface area contributed by atoms with Gasteiger partial charge in [-0.15, -0.1) is 12.4 Å². The molecule has 2 aromatic carbocycles. The Morgan fingerprint density at radius 2 is 1.71 bits per heavy atom. The number of para-hydroxylation sites is 3. The topological polar surface area (TPSA) is 50.4 Å². The van der Waals surface area contributed by atoms with Gasteiger partial charge in [-0.05, 0) is 57.1 Å². The summed E-state index contributed by atoms with van der Waals surface area (Å²) in [6.07, 6.45) is 1.29. The third-order valence-corrected chi connectivity index (χ3v) is 3.61. The molecule has 0 heterocycles. The molecule has 0 radical (unpaired) electrons. The third kappa shape index (κ3) is 5.55. The molecule has 0 fully saturated rings. The van der Waals surface area contributed by atoms with Crippen LogP contribution in [0.4, 0.5) is 5.69 Å². The number of amides is 1. The lowest BCUT2D eigenvalue weighted by molar-refractivity contribution is -0.116. The van der Waals surface area contributed by atoms with Crippen molar-refractivity contribution in [2.45, 2.75) is 26.7 Å². The molecule has 0 saturated carbocycles. The van der Waals surface area contributed by atoms with E-state index in [1.165, 1.54) is 0 Å². The summed E-state index contributed by atoms with van der Waals surface area (Å²) in [4.78, 5) is 12.0. The highest BCUT2D eigenvalue weighted by Gasteiger charge is 2.10. The van der Waals surface area contributed by atoms with Crippen molar-refractivity contribution in [1.29, 1.82) is 0 Å². The predicted molar refractivity (Wildman–Crippen MR) is 101 cm³/mol. The molecular formula is C19H25ClN2O2. The number of anilines is 1. The van der Waals surface area contributed by atoms with Gasteiger partial charge in [-0.1, -0.05) is 30.3 Å². The van der Waals surface area contributed by atoms with E-state index in [4.69, 9.17) is 4.74 Å². The summed E-state index contributed by atoms with van der Waals surface area (Å²) < 4.78 is 6.07. The van der Waals surface area contributed by atoms with Gasteiger partial charge in [-0.25, -0.2) is 0 Å². The first-order chi connectivity index (χ1) is 11.1. The van der Waals surface area contributed by atoms with Gasteiger partial charge < -0.3 is 15.4 Å². The maximum Gasteiger partial charge on any atom is 0.224 e. The Hall–Kier alpha value is -2.04. The van der Waals surface area contributed by atoms with Gasteiger partial charge in [0.1, 0.15) is 5.75 Å². The van der Waals surface area contributed by atoms with Crippen LogP contribution in [0.2, 0.25) is 0 Å². The van der Waals surface area contributed by atoms with E-state index in [0.717, 1.165) is 29.8 Å². The Bertz CT molecular complexity index is 654. The molecule has 130 valence electrons. The van der Waals surface area contributed by atoms with Crippen molar-refractivity contribution in [3.63, 3.8) is 0 Å². The van der Waals surface area contributed by atoms with Crippen LogP contribution in [-0.2, 0) is 4.79 Å². The van der Waals surface area contributed by atoms with Gasteiger partial charge >= 0.3 is 0 Å². The fourth-order valence-corrected chi connectivity index (χ4v) is 2.37. The standard InChI is InChI=1S/C19H24N2O2.ClH/c1-14-8-6-9-15(2)19(14)23-17-11-5-4-10-16(17)21-18(22)12-7-13-20-3;/h4-6,8-11,20H,7,12-13H2,1-3H3,(H,21,22);1H. The van der Waals surface area contributed by atoms with E-state index in [1.807, 2.05) is 63.4 Å². The molecule has 5 heteroatoms. The normalized spacial score (nSPS) is 9.96. The molecule has 0 bridgehead atoms. The summed E-state index contributed by atoms with van der Waals surface area (Å²) in [5.41, 5.74) is 2.84. The van der Waals surface area contributed by atoms with Crippen molar-refractivity contribution in [3.8, 4) is 11.5 Å². The first-order valence-corrected chi connectivity index (χ1v) is 7.89. The second-order valence-corrected chi connectivity index (χ2v) is 5.57. The molecule has 24 heavy (non-hydrogen) atoms. The molecule has 2 N–H and O–H groups in total. The zero-order valence-electron chi connectivity index (χ0n) is 14.4. The Labute approximate surface area is 150 Å². The Morgan fingerprint density at radius 1 is 1.04 bits per heavy atom. The van der Waals surface area contributed by atoms with Crippen molar-refractivity contribution >= 4 is 24.0 Å². The number of rotatable bonds is 7. The molecule has 2 aromatic rings. The van der Waals surface area contributed by atoms with Crippen molar-refractivity contribution < 1.29 is 9.53 Å². The zero-order valence-corrected chi connectivity index (χ0v) is 15.2. The molecule has 0 aliphatic heterocycles. The zero-order chi connectivity index (χ0) is 16.7. The summed E-state index contributed by atoms with van der Waals surface area (Å²) in [6, 6.07) is 13.6. The minimum atomic E-state index is -0.00203. The lowest BCUT2D eigenvalue weighted by Gasteiger charge is -2.15. The van der Waals surface area contributed by atoms with E-state index >= 15 is 0 Å². The molecule has 4 nitrogen and oxygen atoms in total. The molecule has 0 aromatic heterocycles. The Morgan fingerprint density at radius 3 is 2.38 bits per heavy atom. The lowest BCUT2D eigenvalue weighted by Crippen LogP contribution is -2.15. The number of carbonyl (C=O) groups is 1. The molecule has 0 aliphatic carbocycles. The number of aryl methyl sites for hydroxylation is 2. The van der Waals surface area contributed by atoms with Crippen molar-refractivity contribution in [3.05, 3.63) is 53.6 Å². The van der Waals surface area contributed by atoms with Gasteiger partial charge in [0.2, 0.25) is 5.91 Å². The summed E-state index contributed by atoms with van der Waals surface area (Å²) in [5, 5.41) is 5.98. The largest absolute Gasteiger partial charge is 0.455 e. The van der Waals surface area contributed by atoms with Crippen molar-refractivity contribution in [1.82, 2.24) is 5.32 Å². The van der Waals surface area contributed by atoms with Crippen LogP contribution in [0, 0.1) is 13.8 Å². The van der Waals surface area contributed by atoms with Crippen LogP contribution in [0.15, 0.2) is 42.5 Å². The predicted octanol–water partition coefficient (Wildman–Crippen LogP) is 4.46. The van der Waals surface area contributed by atoms with Crippen LogP contribution >= 0.6 is 12.4 Å². The number of ether oxygens (including phenoxy) is 1. The fraction of sp³-hybridized carbons (Fsp3) is 0.316. The maximum absolute atomic E-state index is 12.0. The number of hydrogen-bond acceptors (Lipinski definition) is 3. The van der Waals surface area contributed by atoms with Crippen LogP contribution in [0.5, 0.6) is 11.5 Å².